The van der Waals surface area contributed by atoms with E-state index in [1.807, 2.05) is 0 Å². The third-order valence-electron chi connectivity index (χ3n) is 1.46. The van der Waals surface area contributed by atoms with E-state index in [4.69, 9.17) is 8.90 Å². The van der Waals surface area contributed by atoms with Crippen LogP contribution in [-0.4, -0.2) is 31.0 Å². The van der Waals surface area contributed by atoms with Crippen LogP contribution < -0.4 is 0 Å². The van der Waals surface area contributed by atoms with Crippen molar-refractivity contribution in [2.45, 2.75) is 18.1 Å². The molecule has 1 N–H and O–H groups in total. The fourth-order valence-electron chi connectivity index (χ4n) is 0.935. The molecule has 1 aliphatic rings. The van der Waals surface area contributed by atoms with Gasteiger partial charge in [-0.25, -0.2) is 0 Å². The second-order valence-corrected chi connectivity index (χ2v) is 4.58. The molecule has 0 aromatic carbocycles. The molecular weight excluding hydrogens is 135 g/mol. The molecule has 0 aromatic heterocycles. The van der Waals surface area contributed by atoms with Gasteiger partial charge in [-0.15, -0.1) is 0 Å². The minimum absolute atomic E-state index is 0.670. The van der Waals surface area contributed by atoms with E-state index >= 15 is 0 Å². The molecule has 9 heavy (non-hydrogen) atoms. The minimum Gasteiger partial charge on any atom is -0.493 e. The van der Waals surface area contributed by atoms with Gasteiger partial charge >= 0.3 is 14.5 Å². The van der Waals surface area contributed by atoms with Gasteiger partial charge in [0.05, 0.1) is 0 Å². The molecule has 1 fully saturated rings. The summed E-state index contributed by atoms with van der Waals surface area (Å²) in [6, 6.07) is 0. The molecule has 4 heteroatoms. The second-order valence-electron chi connectivity index (χ2n) is 2.19. The molecule has 0 spiro atoms. The van der Waals surface area contributed by atoms with Crippen molar-refractivity contribution < 1.29 is 13.7 Å². The van der Waals surface area contributed by atoms with Crippen molar-refractivity contribution in [1.82, 2.24) is 0 Å². The number of hydrogen-bond donors (Lipinski definition) is 1. The molecule has 0 aromatic rings. The lowest BCUT2D eigenvalue weighted by Gasteiger charge is -2.13. The van der Waals surface area contributed by atoms with Gasteiger partial charge < -0.3 is 8.90 Å². The summed E-state index contributed by atoms with van der Waals surface area (Å²) in [6.07, 6.45) is 2.08. The Hall–Kier alpha value is -0.0375. The lowest BCUT2D eigenvalue weighted by atomic mass is 10.4. The van der Waals surface area contributed by atoms with Gasteiger partial charge in [0.2, 0.25) is 4.83 Å². The normalized spacial score (nSPS) is 19.8. The summed E-state index contributed by atoms with van der Waals surface area (Å²) in [6.45, 7) is 0.670. The molecule has 3 nitrogen and oxygen atoms in total. The van der Waals surface area contributed by atoms with E-state index in [-0.39, 0.29) is 0 Å². The van der Waals surface area contributed by atoms with Gasteiger partial charge in [-0.3, -0.25) is 4.79 Å². The average molecular weight is 144 g/mol. The summed E-state index contributed by atoms with van der Waals surface area (Å²) in [4.78, 5) is 9.61. The highest BCUT2D eigenvalue weighted by molar-refractivity contribution is 6.83. The Morgan fingerprint density at radius 1 is 1.56 bits per heavy atom. The predicted octanol–water partition coefficient (Wildman–Crippen LogP) is 1.05. The summed E-state index contributed by atoms with van der Waals surface area (Å²) in [5.41, 5.74) is 0. The first-order valence-corrected chi connectivity index (χ1v) is 5.01. The summed E-state index contributed by atoms with van der Waals surface area (Å²) in [7, 11) is 0. The molecule has 1 saturated heterocycles. The van der Waals surface area contributed by atoms with E-state index in [1.165, 1.54) is 0 Å². The van der Waals surface area contributed by atoms with Crippen LogP contribution in [0.1, 0.15) is 12.8 Å². The van der Waals surface area contributed by atoms with Gasteiger partial charge in [0, 0.05) is 6.61 Å². The van der Waals surface area contributed by atoms with Crippen LogP contribution in [0.3, 0.4) is 0 Å². The Kier molecular flexibility index (Phi) is 2.52. The molecule has 0 atom stereocenters. The maximum absolute atomic E-state index is 10.3. The SMILES string of the molecule is O=[C](O)[Al]1[CH2]CCC[O]1. The van der Waals surface area contributed by atoms with Crippen molar-refractivity contribution in [3.63, 3.8) is 0 Å². The summed E-state index contributed by atoms with van der Waals surface area (Å²) in [5.74, 6) is 0. The zero-order valence-electron chi connectivity index (χ0n) is 5.17. The van der Waals surface area contributed by atoms with E-state index in [1.54, 1.807) is 0 Å². The first-order chi connectivity index (χ1) is 4.30. The molecule has 1 aliphatic heterocycles. The van der Waals surface area contributed by atoms with E-state index in [0.717, 1.165) is 18.1 Å². The average Bonchev–Trinajstić information content (AvgIpc) is 1.90. The zero-order valence-corrected chi connectivity index (χ0v) is 6.32. The topological polar surface area (TPSA) is 46.5 Å². The van der Waals surface area contributed by atoms with Gasteiger partial charge in [0.15, 0.2) is 0 Å². The quantitative estimate of drug-likeness (QED) is 0.559. The third-order valence-corrected chi connectivity index (χ3v) is 3.58. The third kappa shape index (κ3) is 1.98. The maximum Gasteiger partial charge on any atom is 0.620 e. The van der Waals surface area contributed by atoms with E-state index < -0.39 is 19.3 Å². The molecule has 0 amide bonds. The van der Waals surface area contributed by atoms with Crippen molar-refractivity contribution >= 4 is 19.3 Å². The van der Waals surface area contributed by atoms with Crippen molar-refractivity contribution in [3.05, 3.63) is 0 Å². The number of carboxylic acid groups (broad SMARTS) is 1. The van der Waals surface area contributed by atoms with Gasteiger partial charge in [-0.1, -0.05) is 11.7 Å². The molecular formula is C5H9AlO3. The summed E-state index contributed by atoms with van der Waals surface area (Å²) < 4.78 is 5.08. The standard InChI is InChI=1S/C4H8O.CHO2.Al/c1-2-3-4-5;2-1-3;/h1-4H2;(H,2,3);/q-1;;+1. The smallest absolute Gasteiger partial charge is 0.493 e. The molecule has 1 rings (SSSR count). The van der Waals surface area contributed by atoms with Crippen molar-refractivity contribution in [1.29, 1.82) is 0 Å². The first kappa shape index (κ1) is 7.07. The Balaban J connectivity index is 2.31. The summed E-state index contributed by atoms with van der Waals surface area (Å²) in [5, 5.41) is 9.29. The van der Waals surface area contributed by atoms with Gasteiger partial charge in [-0.2, -0.15) is 0 Å². The lowest BCUT2D eigenvalue weighted by molar-refractivity contribution is 0.204. The molecule has 0 aliphatic carbocycles. The Morgan fingerprint density at radius 2 is 2.33 bits per heavy atom. The number of rotatable bonds is 1. The Labute approximate surface area is 58.3 Å². The van der Waals surface area contributed by atoms with Crippen molar-refractivity contribution in [2.75, 3.05) is 6.61 Å². The van der Waals surface area contributed by atoms with Gasteiger partial charge in [-0.05, 0) is 6.42 Å². The minimum atomic E-state index is -1.78. The highest BCUT2D eigenvalue weighted by Crippen LogP contribution is 2.10. The first-order valence-electron chi connectivity index (χ1n) is 3.15. The highest BCUT2D eigenvalue weighted by atomic mass is 27.2. The van der Waals surface area contributed by atoms with Crippen LogP contribution in [0.4, 0.5) is 4.79 Å². The van der Waals surface area contributed by atoms with Crippen LogP contribution in [0, 0.1) is 0 Å². The lowest BCUT2D eigenvalue weighted by Crippen LogP contribution is -2.31. The van der Waals surface area contributed by atoms with Crippen LogP contribution in [-0.2, 0) is 3.79 Å². The molecule has 0 radical (unpaired) electrons. The van der Waals surface area contributed by atoms with Crippen molar-refractivity contribution in [2.24, 2.45) is 0 Å². The van der Waals surface area contributed by atoms with Crippen LogP contribution in [0.15, 0.2) is 0 Å². The van der Waals surface area contributed by atoms with Crippen molar-refractivity contribution in [3.8, 4) is 0 Å². The molecule has 0 bridgehead atoms. The number of carbonyl (C=O) groups is 1. The molecule has 50 valence electrons. The van der Waals surface area contributed by atoms with Crippen LogP contribution in [0.5, 0.6) is 0 Å². The Bertz CT molecular complexity index is 109. The predicted molar refractivity (Wildman–Crippen MR) is 33.8 cm³/mol. The highest BCUT2D eigenvalue weighted by Gasteiger charge is 2.32. The largest absolute Gasteiger partial charge is 0.620 e. The van der Waals surface area contributed by atoms with Crippen LogP contribution in [0.2, 0.25) is 5.28 Å². The van der Waals surface area contributed by atoms with E-state index in [9.17, 15) is 4.79 Å². The molecule has 0 unspecified atom stereocenters. The zero-order chi connectivity index (χ0) is 6.69. The molecule has 1 heterocycles. The van der Waals surface area contributed by atoms with Gasteiger partial charge in [0.25, 0.3) is 0 Å². The fraction of sp³-hybridized carbons (Fsp3) is 0.800. The van der Waals surface area contributed by atoms with E-state index in [2.05, 4.69) is 0 Å². The summed E-state index contributed by atoms with van der Waals surface area (Å²) >= 11 is -1.78. The van der Waals surface area contributed by atoms with Gasteiger partial charge in [0.1, 0.15) is 0 Å². The van der Waals surface area contributed by atoms with E-state index in [0.29, 0.717) is 6.61 Å². The van der Waals surface area contributed by atoms with Crippen LogP contribution >= 0.6 is 0 Å². The van der Waals surface area contributed by atoms with Crippen LogP contribution in [0.25, 0.3) is 0 Å². The maximum atomic E-state index is 10.3. The number of hydrogen-bond acceptors (Lipinski definition) is 2. The second kappa shape index (κ2) is 3.21. The Morgan fingerprint density at radius 3 is 2.67 bits per heavy atom. The fourth-order valence-corrected chi connectivity index (χ4v) is 2.60. The molecule has 0 saturated carbocycles. The monoisotopic (exact) mass is 144 g/mol.